The van der Waals surface area contributed by atoms with Gasteiger partial charge in [-0.2, -0.15) is 0 Å². The number of nitrogens with one attached hydrogen (secondary N) is 1. The lowest BCUT2D eigenvalue weighted by atomic mass is 9.90. The number of carbonyl (C=O) groups excluding carboxylic acids is 1. The molecular formula is C30H41F2N5O3. The SMILES string of the molecule is CC1CN(CC(=O)N2CC(C)(C)c3ncc(C(O)c4cccc(F)c4F)cc32)[C@@H](CN2[C@H](C)COC[C@H]2C)CN1. The number of hydrogen-bond donors (Lipinski definition) is 2. The molecule has 10 heteroatoms. The maximum absolute atomic E-state index is 14.4. The average molecular weight is 558 g/mol. The van der Waals surface area contributed by atoms with Crippen LogP contribution in [0.4, 0.5) is 14.5 Å². The molecule has 2 N–H and O–H groups in total. The van der Waals surface area contributed by atoms with Gasteiger partial charge in [-0.3, -0.25) is 19.6 Å². The van der Waals surface area contributed by atoms with E-state index in [4.69, 9.17) is 4.74 Å². The fraction of sp³-hybridized carbons (Fsp3) is 0.600. The van der Waals surface area contributed by atoms with Crippen molar-refractivity contribution in [2.45, 2.75) is 70.3 Å². The first-order chi connectivity index (χ1) is 19.0. The summed E-state index contributed by atoms with van der Waals surface area (Å²) in [5, 5.41) is 14.5. The number of piperazine rings is 1. The van der Waals surface area contributed by atoms with Crippen LogP contribution < -0.4 is 10.2 Å². The number of anilines is 1. The maximum atomic E-state index is 14.4. The summed E-state index contributed by atoms with van der Waals surface area (Å²) < 4.78 is 34.0. The molecule has 0 spiro atoms. The number of benzene rings is 1. The number of fused-ring (bicyclic) bond motifs is 1. The molecule has 5 rings (SSSR count). The summed E-state index contributed by atoms with van der Waals surface area (Å²) in [6, 6.07) is 6.47. The van der Waals surface area contributed by atoms with Gasteiger partial charge in [0, 0.05) is 73.1 Å². The van der Waals surface area contributed by atoms with Crippen molar-refractivity contribution in [2.75, 3.05) is 50.8 Å². The third kappa shape index (κ3) is 5.65. The molecule has 5 atom stereocenters. The van der Waals surface area contributed by atoms with E-state index in [2.05, 4.69) is 40.9 Å². The van der Waals surface area contributed by atoms with E-state index in [-0.39, 0.29) is 30.1 Å². The van der Waals surface area contributed by atoms with E-state index < -0.39 is 23.2 Å². The predicted octanol–water partition coefficient (Wildman–Crippen LogP) is 2.84. The van der Waals surface area contributed by atoms with Crippen molar-refractivity contribution in [3.05, 3.63) is 58.9 Å². The molecule has 1 aromatic heterocycles. The summed E-state index contributed by atoms with van der Waals surface area (Å²) in [7, 11) is 0. The second kappa shape index (κ2) is 11.4. The fourth-order valence-corrected chi connectivity index (χ4v) is 6.34. The number of aliphatic hydroxyl groups is 1. The molecule has 3 aliphatic heterocycles. The molecule has 2 saturated heterocycles. The number of pyridine rings is 1. The predicted molar refractivity (Wildman–Crippen MR) is 149 cm³/mol. The zero-order valence-corrected chi connectivity index (χ0v) is 24.0. The lowest BCUT2D eigenvalue weighted by molar-refractivity contribution is -0.121. The van der Waals surface area contributed by atoms with Crippen LogP contribution in [0.25, 0.3) is 0 Å². The van der Waals surface area contributed by atoms with Gasteiger partial charge in [0.15, 0.2) is 11.6 Å². The highest BCUT2D eigenvalue weighted by molar-refractivity contribution is 5.97. The Morgan fingerprint density at radius 3 is 2.67 bits per heavy atom. The first kappa shape index (κ1) is 29.0. The number of hydrogen-bond acceptors (Lipinski definition) is 7. The number of amides is 1. The Morgan fingerprint density at radius 2 is 1.95 bits per heavy atom. The van der Waals surface area contributed by atoms with Crippen molar-refractivity contribution >= 4 is 11.6 Å². The van der Waals surface area contributed by atoms with Gasteiger partial charge in [0.25, 0.3) is 0 Å². The molecule has 0 saturated carbocycles. The highest BCUT2D eigenvalue weighted by Gasteiger charge is 2.41. The van der Waals surface area contributed by atoms with Gasteiger partial charge >= 0.3 is 0 Å². The molecule has 0 radical (unpaired) electrons. The van der Waals surface area contributed by atoms with Crippen LogP contribution in [0.3, 0.4) is 0 Å². The van der Waals surface area contributed by atoms with Crippen molar-refractivity contribution in [1.82, 2.24) is 20.1 Å². The normalized spacial score (nSPS) is 27.9. The molecule has 3 aliphatic rings. The van der Waals surface area contributed by atoms with Crippen LogP contribution in [-0.4, -0.2) is 95.9 Å². The minimum Gasteiger partial charge on any atom is -0.383 e. The van der Waals surface area contributed by atoms with E-state index in [0.29, 0.717) is 43.1 Å². The van der Waals surface area contributed by atoms with Gasteiger partial charge in [-0.15, -0.1) is 0 Å². The largest absolute Gasteiger partial charge is 0.383 e. The zero-order valence-electron chi connectivity index (χ0n) is 24.0. The molecule has 0 aliphatic carbocycles. The Bertz CT molecular complexity index is 1230. The van der Waals surface area contributed by atoms with Gasteiger partial charge in [0.1, 0.15) is 6.10 Å². The van der Waals surface area contributed by atoms with Crippen LogP contribution in [0.15, 0.2) is 30.5 Å². The molecule has 1 aromatic carbocycles. The van der Waals surface area contributed by atoms with E-state index in [1.165, 1.54) is 18.3 Å². The van der Waals surface area contributed by atoms with Crippen LogP contribution in [0.1, 0.15) is 57.5 Å². The topological polar surface area (TPSA) is 81.2 Å². The lowest BCUT2D eigenvalue weighted by Gasteiger charge is -2.46. The molecule has 218 valence electrons. The highest BCUT2D eigenvalue weighted by atomic mass is 19.2. The van der Waals surface area contributed by atoms with Gasteiger partial charge in [0.2, 0.25) is 5.91 Å². The first-order valence-electron chi connectivity index (χ1n) is 14.2. The summed E-state index contributed by atoms with van der Waals surface area (Å²) in [6.45, 7) is 15.1. The maximum Gasteiger partial charge on any atom is 0.241 e. The van der Waals surface area contributed by atoms with Crippen LogP contribution >= 0.6 is 0 Å². The van der Waals surface area contributed by atoms with Gasteiger partial charge < -0.3 is 20.1 Å². The zero-order chi connectivity index (χ0) is 28.8. The Kier molecular flexibility index (Phi) is 8.27. The van der Waals surface area contributed by atoms with Crippen LogP contribution in [-0.2, 0) is 14.9 Å². The number of nitrogens with zero attached hydrogens (tertiary/aromatic N) is 4. The van der Waals surface area contributed by atoms with Gasteiger partial charge in [-0.05, 0) is 32.9 Å². The molecular weight excluding hydrogens is 516 g/mol. The minimum atomic E-state index is -1.41. The third-order valence-corrected chi connectivity index (χ3v) is 8.60. The van der Waals surface area contributed by atoms with Gasteiger partial charge in [-0.25, -0.2) is 8.78 Å². The van der Waals surface area contributed by atoms with Crippen LogP contribution in [0, 0.1) is 11.6 Å². The Hall–Kier alpha value is -2.50. The molecule has 1 amide bonds. The van der Waals surface area contributed by atoms with E-state index >= 15 is 0 Å². The minimum absolute atomic E-state index is 0.0422. The van der Waals surface area contributed by atoms with Crippen molar-refractivity contribution in [1.29, 1.82) is 0 Å². The monoisotopic (exact) mass is 557 g/mol. The molecule has 40 heavy (non-hydrogen) atoms. The van der Waals surface area contributed by atoms with Crippen molar-refractivity contribution in [2.24, 2.45) is 0 Å². The Balaban J connectivity index is 1.38. The molecule has 4 heterocycles. The van der Waals surface area contributed by atoms with E-state index in [0.717, 1.165) is 31.4 Å². The van der Waals surface area contributed by atoms with Crippen molar-refractivity contribution < 1.29 is 23.4 Å². The van der Waals surface area contributed by atoms with E-state index in [1.54, 1.807) is 11.0 Å². The number of carbonyl (C=O) groups is 1. The summed E-state index contributed by atoms with van der Waals surface area (Å²) in [5.74, 6) is -2.16. The summed E-state index contributed by atoms with van der Waals surface area (Å²) in [5.41, 5.74) is 1.10. The quantitative estimate of drug-likeness (QED) is 0.566. The molecule has 8 nitrogen and oxygen atoms in total. The standard InChI is InChI=1S/C30H41F2N5O3/c1-18-12-35(22(11-33-18)13-36-19(2)15-40-16-20(36)3)14-26(38)37-17-30(4,5)29-25(37)9-21(10-34-29)28(39)23-7-6-8-24(31)27(23)32/h6-10,18-20,22,28,33,39H,11-17H2,1-5H3/t18?,19-,20-,22-,28?/m1/s1. The van der Waals surface area contributed by atoms with E-state index in [1.807, 2.05) is 13.8 Å². The third-order valence-electron chi connectivity index (χ3n) is 8.60. The number of rotatable bonds is 6. The molecule has 2 aromatic rings. The smallest absolute Gasteiger partial charge is 0.241 e. The Labute approximate surface area is 235 Å². The second-order valence-electron chi connectivity index (χ2n) is 12.4. The van der Waals surface area contributed by atoms with Crippen molar-refractivity contribution in [3.63, 3.8) is 0 Å². The number of aliphatic hydroxyl groups excluding tert-OH is 1. The number of ether oxygens (including phenoxy) is 1. The molecule has 2 fully saturated rings. The highest BCUT2D eigenvalue weighted by Crippen LogP contribution is 2.41. The second-order valence-corrected chi connectivity index (χ2v) is 12.4. The Morgan fingerprint density at radius 1 is 1.23 bits per heavy atom. The van der Waals surface area contributed by atoms with Gasteiger partial charge in [-0.1, -0.05) is 26.0 Å². The van der Waals surface area contributed by atoms with E-state index in [9.17, 15) is 18.7 Å². The number of halogens is 2. The average Bonchev–Trinajstić information content (AvgIpc) is 3.19. The summed E-state index contributed by atoms with van der Waals surface area (Å²) in [4.78, 5) is 25.0. The van der Waals surface area contributed by atoms with Gasteiger partial charge in [0.05, 0.1) is 31.1 Å². The number of morpholine rings is 1. The summed E-state index contributed by atoms with van der Waals surface area (Å²) in [6.07, 6.45) is 0.0764. The van der Waals surface area contributed by atoms with Crippen LogP contribution in [0.2, 0.25) is 0 Å². The summed E-state index contributed by atoms with van der Waals surface area (Å²) >= 11 is 0. The van der Waals surface area contributed by atoms with Crippen molar-refractivity contribution in [3.8, 4) is 0 Å². The first-order valence-corrected chi connectivity index (χ1v) is 14.2. The fourth-order valence-electron chi connectivity index (χ4n) is 6.34. The number of aromatic nitrogens is 1. The molecule has 2 unspecified atom stereocenters. The van der Waals surface area contributed by atoms with Crippen LogP contribution in [0.5, 0.6) is 0 Å². The lowest BCUT2D eigenvalue weighted by Crippen LogP contribution is -2.63. The molecule has 0 bridgehead atoms.